The van der Waals surface area contributed by atoms with Gasteiger partial charge in [0.1, 0.15) is 0 Å². The molecule has 1 N–H and O–H groups in total. The van der Waals surface area contributed by atoms with E-state index in [1.807, 2.05) is 24.3 Å². The molecule has 1 saturated heterocycles. The lowest BCUT2D eigenvalue weighted by atomic mass is 10.2. The van der Waals surface area contributed by atoms with Crippen LogP contribution in [0.2, 0.25) is 0 Å². The van der Waals surface area contributed by atoms with Gasteiger partial charge >= 0.3 is 0 Å². The summed E-state index contributed by atoms with van der Waals surface area (Å²) in [6.45, 7) is 0.537. The molecule has 0 saturated carbocycles. The smallest absolute Gasteiger partial charge is 0.246 e. The number of nitrogens with one attached hydrogen (secondary N) is 1. The van der Waals surface area contributed by atoms with Crippen LogP contribution in [0.5, 0.6) is 0 Å². The summed E-state index contributed by atoms with van der Waals surface area (Å²) in [6.07, 6.45) is 0.358. The molecule has 0 atom stereocenters. The second-order valence-electron chi connectivity index (χ2n) is 3.55. The maximum Gasteiger partial charge on any atom is 0.246 e. The third kappa shape index (κ3) is 2.52. The minimum absolute atomic E-state index is 0.0622. The van der Waals surface area contributed by atoms with Crippen molar-refractivity contribution in [2.24, 2.45) is 0 Å². The number of hydrogen-bond acceptors (Lipinski definition) is 2. The zero-order chi connectivity index (χ0) is 11.5. The monoisotopic (exact) mass is 330 g/mol. The van der Waals surface area contributed by atoms with Crippen LogP contribution in [0.25, 0.3) is 0 Å². The van der Waals surface area contributed by atoms with E-state index in [1.165, 1.54) is 0 Å². The Hall–Kier alpha value is -1.11. The Bertz CT molecular complexity index is 434. The first-order valence-corrected chi connectivity index (χ1v) is 6.07. The summed E-state index contributed by atoms with van der Waals surface area (Å²) in [5.41, 5.74) is 0.855. The molecule has 0 aromatic heterocycles. The van der Waals surface area contributed by atoms with Gasteiger partial charge in [0.15, 0.2) is 0 Å². The fourth-order valence-electron chi connectivity index (χ4n) is 1.61. The quantitative estimate of drug-likeness (QED) is 0.786. The largest absolute Gasteiger partial charge is 0.347 e. The fraction of sp³-hybridized carbons (Fsp3) is 0.273. The molecule has 0 unspecified atom stereocenters. The molecular weight excluding hydrogens is 319 g/mol. The molecule has 16 heavy (non-hydrogen) atoms. The van der Waals surface area contributed by atoms with Crippen molar-refractivity contribution in [1.29, 1.82) is 0 Å². The van der Waals surface area contributed by atoms with Crippen LogP contribution in [0, 0.1) is 3.57 Å². The SMILES string of the molecule is O=C1CCN(c2cccc(I)c2)C(=O)CN1. The van der Waals surface area contributed by atoms with Crippen molar-refractivity contribution >= 4 is 40.1 Å². The highest BCUT2D eigenvalue weighted by Gasteiger charge is 2.21. The van der Waals surface area contributed by atoms with Crippen molar-refractivity contribution < 1.29 is 9.59 Å². The summed E-state index contributed by atoms with van der Waals surface area (Å²) < 4.78 is 1.08. The van der Waals surface area contributed by atoms with Crippen LogP contribution in [0.15, 0.2) is 24.3 Å². The van der Waals surface area contributed by atoms with E-state index in [2.05, 4.69) is 27.9 Å². The third-order valence-corrected chi connectivity index (χ3v) is 3.09. The lowest BCUT2D eigenvalue weighted by molar-refractivity contribution is -0.123. The molecule has 1 aromatic rings. The van der Waals surface area contributed by atoms with Gasteiger partial charge in [-0.15, -0.1) is 0 Å². The molecule has 5 heteroatoms. The van der Waals surface area contributed by atoms with Gasteiger partial charge < -0.3 is 10.2 Å². The maximum absolute atomic E-state index is 11.8. The second kappa shape index (κ2) is 4.82. The standard InChI is InChI=1S/C11H11IN2O2/c12-8-2-1-3-9(6-8)14-5-4-10(15)13-7-11(14)16/h1-3,6H,4-5,7H2,(H,13,15). The van der Waals surface area contributed by atoms with Gasteiger partial charge in [0.25, 0.3) is 0 Å². The molecule has 1 aliphatic heterocycles. The van der Waals surface area contributed by atoms with Gasteiger partial charge in [0.05, 0.1) is 6.54 Å². The summed E-state index contributed by atoms with van der Waals surface area (Å²) in [5, 5.41) is 2.58. The molecule has 0 radical (unpaired) electrons. The van der Waals surface area contributed by atoms with Crippen molar-refractivity contribution in [1.82, 2.24) is 5.32 Å². The number of amides is 2. The molecule has 1 fully saturated rings. The lowest BCUT2D eigenvalue weighted by Crippen LogP contribution is -2.35. The molecule has 1 aliphatic rings. The third-order valence-electron chi connectivity index (χ3n) is 2.42. The Morgan fingerprint density at radius 3 is 2.88 bits per heavy atom. The van der Waals surface area contributed by atoms with E-state index in [4.69, 9.17) is 0 Å². The molecule has 0 aliphatic carbocycles. The molecule has 0 spiro atoms. The van der Waals surface area contributed by atoms with Gasteiger partial charge in [0, 0.05) is 22.2 Å². The van der Waals surface area contributed by atoms with Crippen LogP contribution in [0.3, 0.4) is 0 Å². The van der Waals surface area contributed by atoms with E-state index >= 15 is 0 Å². The van der Waals surface area contributed by atoms with Gasteiger partial charge in [-0.25, -0.2) is 0 Å². The van der Waals surface area contributed by atoms with Crippen LogP contribution in [0.1, 0.15) is 6.42 Å². The van der Waals surface area contributed by atoms with Crippen molar-refractivity contribution in [3.63, 3.8) is 0 Å². The zero-order valence-electron chi connectivity index (χ0n) is 8.57. The Morgan fingerprint density at radius 1 is 1.31 bits per heavy atom. The van der Waals surface area contributed by atoms with E-state index in [9.17, 15) is 9.59 Å². The second-order valence-corrected chi connectivity index (χ2v) is 4.80. The van der Waals surface area contributed by atoms with Crippen molar-refractivity contribution in [2.75, 3.05) is 18.0 Å². The molecule has 4 nitrogen and oxygen atoms in total. The van der Waals surface area contributed by atoms with E-state index in [1.54, 1.807) is 4.90 Å². The highest BCUT2D eigenvalue weighted by Crippen LogP contribution is 2.18. The normalized spacial score (nSPS) is 16.9. The number of carbonyl (C=O) groups excluding carboxylic acids is 2. The van der Waals surface area contributed by atoms with Gasteiger partial charge in [0.2, 0.25) is 11.8 Å². The lowest BCUT2D eigenvalue weighted by Gasteiger charge is -2.19. The van der Waals surface area contributed by atoms with Gasteiger partial charge in [-0.1, -0.05) is 6.07 Å². The molecule has 1 heterocycles. The first kappa shape index (κ1) is 11.4. The van der Waals surface area contributed by atoms with Crippen LogP contribution in [-0.4, -0.2) is 24.9 Å². The Labute approximate surface area is 107 Å². The van der Waals surface area contributed by atoms with Crippen molar-refractivity contribution in [3.05, 3.63) is 27.8 Å². The van der Waals surface area contributed by atoms with Crippen LogP contribution in [-0.2, 0) is 9.59 Å². The topological polar surface area (TPSA) is 49.4 Å². The predicted octanol–water partition coefficient (Wildman–Crippen LogP) is 1.14. The van der Waals surface area contributed by atoms with Crippen LogP contribution in [0.4, 0.5) is 5.69 Å². The Kier molecular flexibility index (Phi) is 3.42. The predicted molar refractivity (Wildman–Crippen MR) is 69.1 cm³/mol. The average Bonchev–Trinajstić information content (AvgIpc) is 2.42. The minimum atomic E-state index is -0.0681. The molecule has 84 valence electrons. The zero-order valence-corrected chi connectivity index (χ0v) is 10.7. The summed E-state index contributed by atoms with van der Waals surface area (Å²) in [7, 11) is 0. The number of benzene rings is 1. The van der Waals surface area contributed by atoms with E-state index in [-0.39, 0.29) is 18.4 Å². The van der Waals surface area contributed by atoms with E-state index in [0.29, 0.717) is 13.0 Å². The first-order chi connectivity index (χ1) is 7.66. The van der Waals surface area contributed by atoms with Gasteiger partial charge in [-0.3, -0.25) is 9.59 Å². The number of hydrogen-bond donors (Lipinski definition) is 1. The maximum atomic E-state index is 11.8. The number of rotatable bonds is 1. The van der Waals surface area contributed by atoms with Crippen molar-refractivity contribution in [2.45, 2.75) is 6.42 Å². The van der Waals surface area contributed by atoms with Crippen LogP contribution >= 0.6 is 22.6 Å². The van der Waals surface area contributed by atoms with E-state index < -0.39 is 0 Å². The van der Waals surface area contributed by atoms with Gasteiger partial charge in [-0.05, 0) is 40.8 Å². The Balaban J connectivity index is 2.25. The number of anilines is 1. The summed E-state index contributed by atoms with van der Waals surface area (Å²) in [6, 6.07) is 7.70. The summed E-state index contributed by atoms with van der Waals surface area (Å²) in [5.74, 6) is -0.130. The molecule has 1 aromatic carbocycles. The van der Waals surface area contributed by atoms with E-state index in [0.717, 1.165) is 9.26 Å². The highest BCUT2D eigenvalue weighted by atomic mass is 127. The fourth-order valence-corrected chi connectivity index (χ4v) is 2.14. The Morgan fingerprint density at radius 2 is 2.12 bits per heavy atom. The number of carbonyl (C=O) groups is 2. The molecular formula is C11H11IN2O2. The summed E-state index contributed by atoms with van der Waals surface area (Å²) in [4.78, 5) is 24.6. The molecule has 2 amide bonds. The summed E-state index contributed by atoms with van der Waals surface area (Å²) >= 11 is 2.20. The van der Waals surface area contributed by atoms with Crippen molar-refractivity contribution in [3.8, 4) is 0 Å². The number of nitrogens with zero attached hydrogens (tertiary/aromatic N) is 1. The van der Waals surface area contributed by atoms with Gasteiger partial charge in [-0.2, -0.15) is 0 Å². The number of halogens is 1. The molecule has 2 rings (SSSR count). The minimum Gasteiger partial charge on any atom is -0.347 e. The average molecular weight is 330 g/mol. The molecule has 0 bridgehead atoms. The highest BCUT2D eigenvalue weighted by molar-refractivity contribution is 14.1. The first-order valence-electron chi connectivity index (χ1n) is 4.99. The van der Waals surface area contributed by atoms with Crippen LogP contribution < -0.4 is 10.2 Å².